The van der Waals surface area contributed by atoms with Crippen molar-refractivity contribution in [3.8, 4) is 0 Å². The molecule has 4 saturated carbocycles. The monoisotopic (exact) mass is 374 g/mol. The molecule has 0 saturated heterocycles. The van der Waals surface area contributed by atoms with Crippen LogP contribution in [-0.4, -0.2) is 11.6 Å². The molecule has 0 heterocycles. The second-order valence-electron chi connectivity index (χ2n) is 7.84. The smallest absolute Gasteiger partial charge is 0.267 e. The van der Waals surface area contributed by atoms with Crippen molar-refractivity contribution in [3.05, 3.63) is 34.3 Å². The molecule has 0 radical (unpaired) electrons. The molecule has 0 aromatic heterocycles. The van der Waals surface area contributed by atoms with E-state index in [0.717, 1.165) is 27.9 Å². The molecule has 0 unspecified atom stereocenters. The maximum Gasteiger partial charge on any atom is 0.271 e. The summed E-state index contributed by atoms with van der Waals surface area (Å²) in [6.07, 6.45) is 8.13. The van der Waals surface area contributed by atoms with Crippen LogP contribution in [0.25, 0.3) is 0 Å². The Morgan fingerprint density at radius 1 is 1.09 bits per heavy atom. The van der Waals surface area contributed by atoms with Crippen LogP contribution in [0.3, 0.4) is 0 Å². The van der Waals surface area contributed by atoms with Crippen LogP contribution in [-0.2, 0) is 0 Å². The number of hydrogen-bond acceptors (Lipinski definition) is 2. The molecule has 4 aliphatic rings. The molecule has 1 amide bonds. The highest BCUT2D eigenvalue weighted by molar-refractivity contribution is 9.10. The third-order valence-electron chi connectivity index (χ3n) is 6.24. The van der Waals surface area contributed by atoms with Crippen LogP contribution in [0.1, 0.15) is 55.8 Å². The Morgan fingerprint density at radius 3 is 2.13 bits per heavy atom. The van der Waals surface area contributed by atoms with E-state index in [9.17, 15) is 4.79 Å². The normalized spacial score (nSPS) is 35.4. The van der Waals surface area contributed by atoms with Gasteiger partial charge in [-0.25, -0.2) is 5.43 Å². The van der Waals surface area contributed by atoms with E-state index in [2.05, 4.69) is 33.4 Å². The quantitative estimate of drug-likeness (QED) is 0.600. The minimum Gasteiger partial charge on any atom is -0.267 e. The largest absolute Gasteiger partial charge is 0.271 e. The lowest BCUT2D eigenvalue weighted by Gasteiger charge is -2.56. The number of amides is 1. The lowest BCUT2D eigenvalue weighted by Crippen LogP contribution is -2.49. The van der Waals surface area contributed by atoms with Crippen LogP contribution < -0.4 is 5.43 Å². The van der Waals surface area contributed by atoms with Gasteiger partial charge in [-0.05, 0) is 87.5 Å². The highest BCUT2D eigenvalue weighted by atomic mass is 79.9. The molecule has 23 heavy (non-hydrogen) atoms. The number of nitrogens with one attached hydrogen (secondary N) is 1. The fraction of sp³-hybridized carbons (Fsp3) is 0.579. The Morgan fingerprint density at radius 2 is 1.61 bits per heavy atom. The highest BCUT2D eigenvalue weighted by Gasteiger charge is 2.52. The van der Waals surface area contributed by atoms with Gasteiger partial charge in [0.2, 0.25) is 0 Å². The summed E-state index contributed by atoms with van der Waals surface area (Å²) in [5.41, 5.74) is 4.83. The van der Waals surface area contributed by atoms with Crippen LogP contribution in [0.15, 0.2) is 33.8 Å². The van der Waals surface area contributed by atoms with Gasteiger partial charge in [-0.15, -0.1) is 0 Å². The summed E-state index contributed by atoms with van der Waals surface area (Å²) in [4.78, 5) is 12.3. The van der Waals surface area contributed by atoms with Crippen molar-refractivity contribution >= 4 is 27.5 Å². The van der Waals surface area contributed by atoms with E-state index in [1.54, 1.807) is 0 Å². The van der Waals surface area contributed by atoms with E-state index in [0.29, 0.717) is 5.56 Å². The Hall–Kier alpha value is -1.16. The van der Waals surface area contributed by atoms with Gasteiger partial charge >= 0.3 is 0 Å². The van der Waals surface area contributed by atoms with E-state index < -0.39 is 0 Å². The van der Waals surface area contributed by atoms with E-state index in [-0.39, 0.29) is 11.3 Å². The number of hydrazone groups is 1. The van der Waals surface area contributed by atoms with Gasteiger partial charge in [0, 0.05) is 21.2 Å². The Balaban J connectivity index is 1.48. The summed E-state index contributed by atoms with van der Waals surface area (Å²) in [5.74, 6) is 2.57. The molecule has 5 rings (SSSR count). The van der Waals surface area contributed by atoms with Gasteiger partial charge in [0.25, 0.3) is 5.91 Å². The average molecular weight is 375 g/mol. The summed E-state index contributed by atoms with van der Waals surface area (Å²) in [6.45, 7) is 2.12. The summed E-state index contributed by atoms with van der Waals surface area (Å²) in [6, 6.07) is 7.39. The lowest BCUT2D eigenvalue weighted by molar-refractivity contribution is -0.0128. The zero-order valence-corrected chi connectivity index (χ0v) is 15.1. The highest BCUT2D eigenvalue weighted by Crippen LogP contribution is 2.60. The summed E-state index contributed by atoms with van der Waals surface area (Å²) in [5, 5.41) is 4.52. The van der Waals surface area contributed by atoms with Crippen molar-refractivity contribution in [1.82, 2.24) is 5.43 Å². The number of carbonyl (C=O) groups excluding carboxylic acids is 1. The van der Waals surface area contributed by atoms with Crippen molar-refractivity contribution in [3.63, 3.8) is 0 Å². The van der Waals surface area contributed by atoms with Gasteiger partial charge in [0.05, 0.1) is 0 Å². The molecule has 0 spiro atoms. The predicted octanol–water partition coefficient (Wildman–Crippen LogP) is 4.77. The standard InChI is InChI=1S/C19H23BrN2O/c1-12(21-22-18(23)16-2-4-17(20)5-3-16)19-9-13-6-14(10-19)8-15(7-13)11-19/h2-5,13-15H,6-11H2,1H3,(H,22,23)/b21-12+. The summed E-state index contributed by atoms with van der Waals surface area (Å²) in [7, 11) is 0. The maximum absolute atomic E-state index is 12.3. The molecule has 4 bridgehead atoms. The molecule has 1 N–H and O–H groups in total. The first kappa shape index (κ1) is 15.4. The second kappa shape index (κ2) is 5.73. The van der Waals surface area contributed by atoms with Crippen LogP contribution in [0.5, 0.6) is 0 Å². The van der Waals surface area contributed by atoms with Gasteiger partial charge in [0.15, 0.2) is 0 Å². The fourth-order valence-corrected chi connectivity index (χ4v) is 5.74. The maximum atomic E-state index is 12.3. The minimum absolute atomic E-state index is 0.124. The van der Waals surface area contributed by atoms with Crippen molar-refractivity contribution in [1.29, 1.82) is 0 Å². The topological polar surface area (TPSA) is 41.5 Å². The number of halogens is 1. The van der Waals surface area contributed by atoms with Crippen LogP contribution in [0.2, 0.25) is 0 Å². The molecule has 0 atom stereocenters. The van der Waals surface area contributed by atoms with Crippen LogP contribution >= 0.6 is 15.9 Å². The first-order chi connectivity index (χ1) is 11.0. The third-order valence-corrected chi connectivity index (χ3v) is 6.77. The van der Waals surface area contributed by atoms with Gasteiger partial charge in [-0.3, -0.25) is 4.79 Å². The van der Waals surface area contributed by atoms with Gasteiger partial charge in [-0.2, -0.15) is 5.10 Å². The van der Waals surface area contributed by atoms with E-state index in [1.807, 2.05) is 24.3 Å². The number of rotatable bonds is 3. The zero-order chi connectivity index (χ0) is 16.0. The van der Waals surface area contributed by atoms with Crippen molar-refractivity contribution in [2.24, 2.45) is 28.3 Å². The average Bonchev–Trinajstić information content (AvgIpc) is 2.51. The molecule has 1 aromatic carbocycles. The first-order valence-corrected chi connectivity index (χ1v) is 9.44. The Labute approximate surface area is 146 Å². The fourth-order valence-electron chi connectivity index (χ4n) is 5.47. The zero-order valence-electron chi connectivity index (χ0n) is 13.5. The van der Waals surface area contributed by atoms with Crippen molar-refractivity contribution in [2.45, 2.75) is 45.4 Å². The SMILES string of the molecule is C/C(=N\NC(=O)c1ccc(Br)cc1)C12CC3CC(CC(C3)C1)C2. The molecule has 4 aliphatic carbocycles. The van der Waals surface area contributed by atoms with Gasteiger partial charge in [-0.1, -0.05) is 15.9 Å². The number of nitrogens with zero attached hydrogens (tertiary/aromatic N) is 1. The molecule has 0 aliphatic heterocycles. The second-order valence-corrected chi connectivity index (χ2v) is 8.76. The molecule has 3 nitrogen and oxygen atoms in total. The molecule has 1 aromatic rings. The first-order valence-electron chi connectivity index (χ1n) is 8.65. The number of benzene rings is 1. The molecular formula is C19H23BrN2O. The molecule has 4 fully saturated rings. The Kier molecular flexibility index (Phi) is 3.83. The molecule has 4 heteroatoms. The van der Waals surface area contributed by atoms with Gasteiger partial charge < -0.3 is 0 Å². The lowest BCUT2D eigenvalue weighted by atomic mass is 9.48. The summed E-state index contributed by atoms with van der Waals surface area (Å²) >= 11 is 3.39. The van der Waals surface area contributed by atoms with Crippen molar-refractivity contribution in [2.75, 3.05) is 0 Å². The predicted molar refractivity (Wildman–Crippen MR) is 95.3 cm³/mol. The molecular weight excluding hydrogens is 352 g/mol. The van der Waals surface area contributed by atoms with Crippen LogP contribution in [0.4, 0.5) is 0 Å². The Bertz CT molecular complexity index is 615. The molecule has 122 valence electrons. The minimum atomic E-state index is -0.124. The third kappa shape index (κ3) is 2.86. The van der Waals surface area contributed by atoms with Crippen molar-refractivity contribution < 1.29 is 4.79 Å². The van der Waals surface area contributed by atoms with Gasteiger partial charge in [0.1, 0.15) is 0 Å². The van der Waals surface area contributed by atoms with E-state index in [1.165, 1.54) is 38.5 Å². The summed E-state index contributed by atoms with van der Waals surface area (Å²) < 4.78 is 0.974. The van der Waals surface area contributed by atoms with E-state index in [4.69, 9.17) is 0 Å². The van der Waals surface area contributed by atoms with Crippen LogP contribution in [0, 0.1) is 23.2 Å². The van der Waals surface area contributed by atoms with E-state index >= 15 is 0 Å². The number of hydrogen-bond donors (Lipinski definition) is 1. The number of carbonyl (C=O) groups is 1.